The average Bonchev–Trinajstić information content (AvgIpc) is 2.82. The van der Waals surface area contributed by atoms with Crippen LogP contribution in [-0.4, -0.2) is 24.7 Å². The zero-order valence-corrected chi connectivity index (χ0v) is 10.7. The van der Waals surface area contributed by atoms with Gasteiger partial charge in [-0.2, -0.15) is 0 Å². The van der Waals surface area contributed by atoms with Gasteiger partial charge in [0.2, 0.25) is 0 Å². The van der Waals surface area contributed by atoms with E-state index in [2.05, 4.69) is 19.2 Å². The Bertz CT molecular complexity index is 394. The summed E-state index contributed by atoms with van der Waals surface area (Å²) < 4.78 is 5.75. The molecule has 1 unspecified atom stereocenters. The third-order valence-electron chi connectivity index (χ3n) is 3.54. The summed E-state index contributed by atoms with van der Waals surface area (Å²) in [6, 6.07) is 0. The molecule has 1 N–H and O–H groups in total. The molecule has 0 radical (unpaired) electrons. The van der Waals surface area contributed by atoms with Crippen LogP contribution in [0.1, 0.15) is 42.0 Å². The van der Waals surface area contributed by atoms with Crippen molar-refractivity contribution in [3.8, 4) is 0 Å². The lowest BCUT2D eigenvalue weighted by molar-refractivity contribution is 0.0274. The van der Waals surface area contributed by atoms with E-state index in [0.29, 0.717) is 0 Å². The van der Waals surface area contributed by atoms with Gasteiger partial charge in [-0.3, -0.25) is 0 Å². The quantitative estimate of drug-likeness (QED) is 0.813. The fourth-order valence-corrected chi connectivity index (χ4v) is 3.77. The first-order valence-corrected chi connectivity index (χ1v) is 6.81. The summed E-state index contributed by atoms with van der Waals surface area (Å²) in [6.07, 6.45) is 2.62. The van der Waals surface area contributed by atoms with E-state index in [0.717, 1.165) is 19.7 Å². The third kappa shape index (κ3) is 1.69. The number of hydrogen-bond donors (Lipinski definition) is 1. The summed E-state index contributed by atoms with van der Waals surface area (Å²) >= 11 is 1.85. The Hall–Kier alpha value is -0.450. The van der Waals surface area contributed by atoms with Crippen molar-refractivity contribution < 1.29 is 4.74 Å². The van der Waals surface area contributed by atoms with Crippen molar-refractivity contribution in [2.24, 2.45) is 0 Å². The van der Waals surface area contributed by atoms with Crippen molar-refractivity contribution in [1.29, 1.82) is 0 Å². The van der Waals surface area contributed by atoms with Gasteiger partial charge in [0.25, 0.3) is 0 Å². The Labute approximate surface area is 100 Å². The SMILES string of the molecule is CC1(C)CCc2sc(C3CNCCO3)nc21. The van der Waals surface area contributed by atoms with E-state index in [9.17, 15) is 0 Å². The zero-order valence-electron chi connectivity index (χ0n) is 9.88. The lowest BCUT2D eigenvalue weighted by Crippen LogP contribution is -2.33. The molecule has 88 valence electrons. The lowest BCUT2D eigenvalue weighted by atomic mass is 9.91. The van der Waals surface area contributed by atoms with Gasteiger partial charge in [-0.15, -0.1) is 11.3 Å². The van der Waals surface area contributed by atoms with Crippen molar-refractivity contribution in [1.82, 2.24) is 10.3 Å². The van der Waals surface area contributed by atoms with E-state index < -0.39 is 0 Å². The molecule has 1 fully saturated rings. The summed E-state index contributed by atoms with van der Waals surface area (Å²) in [7, 11) is 0. The maximum Gasteiger partial charge on any atom is 0.123 e. The first kappa shape index (κ1) is 10.7. The molecule has 3 rings (SSSR count). The predicted molar refractivity (Wildman–Crippen MR) is 65.0 cm³/mol. The van der Waals surface area contributed by atoms with E-state index >= 15 is 0 Å². The number of aromatic nitrogens is 1. The second-order valence-electron chi connectivity index (χ2n) is 5.27. The van der Waals surface area contributed by atoms with Gasteiger partial charge in [0.1, 0.15) is 11.1 Å². The molecule has 1 saturated heterocycles. The summed E-state index contributed by atoms with van der Waals surface area (Å²) in [5, 5.41) is 4.53. The van der Waals surface area contributed by atoms with Crippen LogP contribution in [0, 0.1) is 0 Å². The number of ether oxygens (including phenoxy) is 1. The molecule has 0 bridgehead atoms. The van der Waals surface area contributed by atoms with E-state index in [-0.39, 0.29) is 11.5 Å². The van der Waals surface area contributed by atoms with Gasteiger partial charge in [-0.1, -0.05) is 13.8 Å². The molecule has 1 aromatic heterocycles. The lowest BCUT2D eigenvalue weighted by Gasteiger charge is -2.22. The highest BCUT2D eigenvalue weighted by molar-refractivity contribution is 7.11. The van der Waals surface area contributed by atoms with E-state index in [1.165, 1.54) is 28.4 Å². The number of aryl methyl sites for hydroxylation is 1. The summed E-state index contributed by atoms with van der Waals surface area (Å²) in [5.74, 6) is 0. The standard InChI is InChI=1S/C12H18N2OS/c1-12(2)4-3-9-10(12)14-11(16-9)8-7-13-5-6-15-8/h8,13H,3-7H2,1-2H3. The Morgan fingerprint density at radius 2 is 2.38 bits per heavy atom. The van der Waals surface area contributed by atoms with Crippen molar-refractivity contribution in [2.45, 2.75) is 38.2 Å². The van der Waals surface area contributed by atoms with E-state index in [1.54, 1.807) is 0 Å². The third-order valence-corrected chi connectivity index (χ3v) is 4.74. The molecule has 16 heavy (non-hydrogen) atoms. The van der Waals surface area contributed by atoms with Crippen LogP contribution in [-0.2, 0) is 16.6 Å². The van der Waals surface area contributed by atoms with E-state index in [4.69, 9.17) is 9.72 Å². The predicted octanol–water partition coefficient (Wildman–Crippen LogP) is 2.03. The molecule has 1 atom stereocenters. The second-order valence-corrected chi connectivity index (χ2v) is 6.39. The molecular weight excluding hydrogens is 220 g/mol. The molecular formula is C12H18N2OS. The average molecular weight is 238 g/mol. The molecule has 1 aliphatic carbocycles. The smallest absolute Gasteiger partial charge is 0.123 e. The Kier molecular flexibility index (Phi) is 2.53. The highest BCUT2D eigenvalue weighted by Crippen LogP contribution is 2.42. The van der Waals surface area contributed by atoms with Crippen LogP contribution in [0.5, 0.6) is 0 Å². The van der Waals surface area contributed by atoms with Crippen molar-refractivity contribution >= 4 is 11.3 Å². The van der Waals surface area contributed by atoms with Crippen LogP contribution < -0.4 is 5.32 Å². The number of nitrogens with zero attached hydrogens (tertiary/aromatic N) is 1. The van der Waals surface area contributed by atoms with Gasteiger partial charge in [0, 0.05) is 23.4 Å². The van der Waals surface area contributed by atoms with Crippen LogP contribution in [0.2, 0.25) is 0 Å². The van der Waals surface area contributed by atoms with Crippen molar-refractivity contribution in [2.75, 3.05) is 19.7 Å². The molecule has 4 heteroatoms. The second kappa shape index (κ2) is 3.79. The topological polar surface area (TPSA) is 34.1 Å². The maximum absolute atomic E-state index is 5.75. The molecule has 1 aliphatic heterocycles. The molecule has 0 saturated carbocycles. The minimum atomic E-state index is 0.181. The molecule has 0 amide bonds. The number of morpholine rings is 1. The van der Waals surface area contributed by atoms with Crippen molar-refractivity contribution in [3.05, 3.63) is 15.6 Å². The van der Waals surface area contributed by atoms with Gasteiger partial charge < -0.3 is 10.1 Å². The number of rotatable bonds is 1. The minimum Gasteiger partial charge on any atom is -0.368 e. The van der Waals surface area contributed by atoms with E-state index in [1.807, 2.05) is 11.3 Å². The molecule has 1 aromatic rings. The molecule has 3 nitrogen and oxygen atoms in total. The number of nitrogens with one attached hydrogen (secondary N) is 1. The number of hydrogen-bond acceptors (Lipinski definition) is 4. The van der Waals surface area contributed by atoms with Crippen LogP contribution >= 0.6 is 11.3 Å². The molecule has 2 aliphatic rings. The summed E-state index contributed by atoms with van der Waals surface area (Å²) in [5.41, 5.74) is 1.59. The van der Waals surface area contributed by atoms with Crippen LogP contribution in [0.3, 0.4) is 0 Å². The first-order chi connectivity index (χ1) is 7.67. The Morgan fingerprint density at radius 1 is 1.50 bits per heavy atom. The van der Waals surface area contributed by atoms with Gasteiger partial charge in [0.15, 0.2) is 0 Å². The molecule has 0 aromatic carbocycles. The highest BCUT2D eigenvalue weighted by Gasteiger charge is 2.35. The number of fused-ring (bicyclic) bond motifs is 1. The van der Waals surface area contributed by atoms with Gasteiger partial charge in [0.05, 0.1) is 12.3 Å². The monoisotopic (exact) mass is 238 g/mol. The number of thiazole rings is 1. The summed E-state index contributed by atoms with van der Waals surface area (Å²) in [4.78, 5) is 6.30. The summed E-state index contributed by atoms with van der Waals surface area (Å²) in [6.45, 7) is 7.27. The Morgan fingerprint density at radius 3 is 3.06 bits per heavy atom. The van der Waals surface area contributed by atoms with Gasteiger partial charge in [-0.05, 0) is 12.8 Å². The molecule has 0 spiro atoms. The van der Waals surface area contributed by atoms with Crippen molar-refractivity contribution in [3.63, 3.8) is 0 Å². The normalized spacial score (nSPS) is 28.0. The highest BCUT2D eigenvalue weighted by atomic mass is 32.1. The van der Waals surface area contributed by atoms with Crippen LogP contribution in [0.4, 0.5) is 0 Å². The fourth-order valence-electron chi connectivity index (χ4n) is 2.47. The molecule has 2 heterocycles. The minimum absolute atomic E-state index is 0.181. The van der Waals surface area contributed by atoms with Gasteiger partial charge >= 0.3 is 0 Å². The first-order valence-electron chi connectivity index (χ1n) is 5.99. The van der Waals surface area contributed by atoms with Crippen LogP contribution in [0.15, 0.2) is 0 Å². The van der Waals surface area contributed by atoms with Crippen LogP contribution in [0.25, 0.3) is 0 Å². The zero-order chi connectivity index (χ0) is 11.2. The fraction of sp³-hybridized carbons (Fsp3) is 0.750. The Balaban J connectivity index is 1.88. The van der Waals surface area contributed by atoms with Gasteiger partial charge in [-0.25, -0.2) is 4.98 Å². The largest absolute Gasteiger partial charge is 0.368 e. The maximum atomic E-state index is 5.75.